The van der Waals surface area contributed by atoms with Crippen LogP contribution in [-0.4, -0.2) is 27.6 Å². The van der Waals surface area contributed by atoms with Crippen molar-refractivity contribution in [1.29, 1.82) is 0 Å². The van der Waals surface area contributed by atoms with E-state index in [4.69, 9.17) is 9.84 Å². The molecule has 0 bridgehead atoms. The van der Waals surface area contributed by atoms with Gasteiger partial charge in [0.25, 0.3) is 0 Å². The summed E-state index contributed by atoms with van der Waals surface area (Å²) in [7, 11) is 1.63. The number of aromatic nitrogens is 2. The fourth-order valence-corrected chi connectivity index (χ4v) is 3.30. The minimum atomic E-state index is -0.839. The van der Waals surface area contributed by atoms with Crippen LogP contribution in [0.15, 0.2) is 29.6 Å². The largest absolute Gasteiger partial charge is 0.497 e. The van der Waals surface area contributed by atoms with Gasteiger partial charge in [-0.25, -0.2) is 4.98 Å². The van der Waals surface area contributed by atoms with Gasteiger partial charge in [-0.15, -0.1) is 11.3 Å². The summed E-state index contributed by atoms with van der Waals surface area (Å²) in [6, 6.07) is 7.69. The number of thiazole rings is 1. The first-order valence-corrected chi connectivity index (χ1v) is 7.29. The Morgan fingerprint density at radius 3 is 2.71 bits per heavy atom. The lowest BCUT2D eigenvalue weighted by Gasteiger charge is -2.03. The van der Waals surface area contributed by atoms with Crippen molar-refractivity contribution in [2.24, 2.45) is 0 Å². The third kappa shape index (κ3) is 2.38. The minimum absolute atomic E-state index is 0.000742. The van der Waals surface area contributed by atoms with Crippen LogP contribution >= 0.6 is 11.3 Å². The van der Waals surface area contributed by atoms with Crippen molar-refractivity contribution in [1.82, 2.24) is 9.38 Å². The van der Waals surface area contributed by atoms with E-state index in [2.05, 4.69) is 4.98 Å². The Morgan fingerprint density at radius 2 is 2.10 bits per heavy atom. The molecule has 0 spiro atoms. The Labute approximate surface area is 125 Å². The molecule has 2 heterocycles. The average Bonchev–Trinajstić information content (AvgIpc) is 3.00. The van der Waals surface area contributed by atoms with E-state index in [9.17, 15) is 4.79 Å². The van der Waals surface area contributed by atoms with Crippen LogP contribution in [0, 0.1) is 6.92 Å². The first-order chi connectivity index (χ1) is 10.1. The van der Waals surface area contributed by atoms with Gasteiger partial charge >= 0.3 is 5.97 Å². The quantitative estimate of drug-likeness (QED) is 0.804. The van der Waals surface area contributed by atoms with E-state index in [1.165, 1.54) is 11.3 Å². The molecule has 108 valence electrons. The number of nitrogens with zero attached hydrogens (tertiary/aromatic N) is 2. The number of benzene rings is 1. The SMILES string of the molecule is COc1ccc(-c2nc3scc(CC(=O)O)n3c2C)cc1. The molecule has 0 atom stereocenters. The molecule has 3 rings (SSSR count). The molecule has 1 aromatic carbocycles. The first-order valence-electron chi connectivity index (χ1n) is 6.42. The summed E-state index contributed by atoms with van der Waals surface area (Å²) in [6.45, 7) is 1.96. The third-order valence-corrected chi connectivity index (χ3v) is 4.23. The Hall–Kier alpha value is -2.34. The Morgan fingerprint density at radius 1 is 1.38 bits per heavy atom. The van der Waals surface area contributed by atoms with E-state index in [1.807, 2.05) is 41.0 Å². The highest BCUT2D eigenvalue weighted by Gasteiger charge is 2.16. The minimum Gasteiger partial charge on any atom is -0.497 e. The van der Waals surface area contributed by atoms with Crippen molar-refractivity contribution >= 4 is 22.3 Å². The van der Waals surface area contributed by atoms with E-state index in [0.29, 0.717) is 0 Å². The topological polar surface area (TPSA) is 63.8 Å². The van der Waals surface area contributed by atoms with Gasteiger partial charge in [-0.3, -0.25) is 9.20 Å². The highest BCUT2D eigenvalue weighted by molar-refractivity contribution is 7.15. The number of ether oxygens (including phenoxy) is 1. The normalized spacial score (nSPS) is 11.0. The molecular formula is C15H14N2O3S. The summed E-state index contributed by atoms with van der Waals surface area (Å²) in [5, 5.41) is 10.8. The van der Waals surface area contributed by atoms with E-state index in [1.54, 1.807) is 7.11 Å². The zero-order chi connectivity index (χ0) is 15.0. The second-order valence-corrected chi connectivity index (χ2v) is 5.53. The number of carboxylic acid groups (broad SMARTS) is 1. The van der Waals surface area contributed by atoms with Crippen molar-refractivity contribution in [3.8, 4) is 17.0 Å². The summed E-state index contributed by atoms with van der Waals surface area (Å²) < 4.78 is 7.07. The molecule has 0 saturated carbocycles. The predicted octanol–water partition coefficient (Wildman–Crippen LogP) is 3.01. The number of carbonyl (C=O) groups is 1. The molecule has 0 aliphatic rings. The van der Waals surface area contributed by atoms with E-state index in [-0.39, 0.29) is 6.42 Å². The second-order valence-electron chi connectivity index (χ2n) is 4.69. The molecule has 0 saturated heterocycles. The predicted molar refractivity (Wildman–Crippen MR) is 81.1 cm³/mol. The molecule has 2 aromatic heterocycles. The maximum absolute atomic E-state index is 10.9. The van der Waals surface area contributed by atoms with Crippen molar-refractivity contribution in [3.05, 3.63) is 41.0 Å². The number of carboxylic acids is 1. The Kier molecular flexibility index (Phi) is 3.39. The van der Waals surface area contributed by atoms with Crippen molar-refractivity contribution in [2.75, 3.05) is 7.11 Å². The maximum Gasteiger partial charge on any atom is 0.309 e. The van der Waals surface area contributed by atoms with Crippen LogP contribution in [0.5, 0.6) is 5.75 Å². The van der Waals surface area contributed by atoms with Crippen LogP contribution in [0.4, 0.5) is 0 Å². The Bertz CT molecular complexity index is 802. The summed E-state index contributed by atoms with van der Waals surface area (Å²) in [5.41, 5.74) is 3.57. The summed E-state index contributed by atoms with van der Waals surface area (Å²) >= 11 is 1.46. The zero-order valence-electron chi connectivity index (χ0n) is 11.7. The van der Waals surface area contributed by atoms with Gasteiger partial charge in [-0.2, -0.15) is 0 Å². The van der Waals surface area contributed by atoms with Crippen LogP contribution in [0.25, 0.3) is 16.2 Å². The van der Waals surface area contributed by atoms with Crippen LogP contribution in [0.2, 0.25) is 0 Å². The van der Waals surface area contributed by atoms with Gasteiger partial charge in [0.1, 0.15) is 5.75 Å². The van der Waals surface area contributed by atoms with Gasteiger partial charge in [0, 0.05) is 22.3 Å². The molecule has 3 aromatic rings. The monoisotopic (exact) mass is 302 g/mol. The zero-order valence-corrected chi connectivity index (χ0v) is 12.5. The molecule has 5 nitrogen and oxygen atoms in total. The summed E-state index contributed by atoms with van der Waals surface area (Å²) in [4.78, 5) is 16.4. The number of hydrogen-bond donors (Lipinski definition) is 1. The van der Waals surface area contributed by atoms with E-state index < -0.39 is 5.97 Å². The first kappa shape index (κ1) is 13.6. The highest BCUT2D eigenvalue weighted by Crippen LogP contribution is 2.29. The van der Waals surface area contributed by atoms with Crippen molar-refractivity contribution in [2.45, 2.75) is 13.3 Å². The van der Waals surface area contributed by atoms with Crippen LogP contribution in [0.3, 0.4) is 0 Å². The summed E-state index contributed by atoms with van der Waals surface area (Å²) in [6.07, 6.45) is -0.000742. The third-order valence-electron chi connectivity index (χ3n) is 3.36. The van der Waals surface area contributed by atoms with Crippen molar-refractivity contribution < 1.29 is 14.6 Å². The van der Waals surface area contributed by atoms with Crippen LogP contribution in [0.1, 0.15) is 11.4 Å². The molecule has 21 heavy (non-hydrogen) atoms. The molecule has 0 fully saturated rings. The number of imidazole rings is 1. The molecule has 6 heteroatoms. The molecule has 0 aliphatic heterocycles. The van der Waals surface area contributed by atoms with Gasteiger partial charge in [-0.05, 0) is 31.2 Å². The molecular weight excluding hydrogens is 288 g/mol. The maximum atomic E-state index is 10.9. The molecule has 0 radical (unpaired) electrons. The lowest BCUT2D eigenvalue weighted by Crippen LogP contribution is -2.03. The average molecular weight is 302 g/mol. The fourth-order valence-electron chi connectivity index (χ4n) is 2.36. The summed E-state index contributed by atoms with van der Waals surface area (Å²) in [5.74, 6) is -0.0437. The van der Waals surface area contributed by atoms with E-state index >= 15 is 0 Å². The van der Waals surface area contributed by atoms with Gasteiger partial charge in [-0.1, -0.05) is 0 Å². The highest BCUT2D eigenvalue weighted by atomic mass is 32.1. The number of hydrogen-bond acceptors (Lipinski definition) is 4. The fraction of sp³-hybridized carbons (Fsp3) is 0.200. The van der Waals surface area contributed by atoms with Crippen LogP contribution < -0.4 is 4.74 Å². The van der Waals surface area contributed by atoms with Gasteiger partial charge in [0.05, 0.1) is 19.2 Å². The van der Waals surface area contributed by atoms with Gasteiger partial charge in [0.15, 0.2) is 4.96 Å². The molecule has 1 N–H and O–H groups in total. The number of aliphatic carboxylic acids is 1. The molecule has 0 aliphatic carbocycles. The molecule has 0 unspecified atom stereocenters. The van der Waals surface area contributed by atoms with Gasteiger partial charge < -0.3 is 9.84 Å². The molecule has 0 amide bonds. The van der Waals surface area contributed by atoms with E-state index in [0.717, 1.165) is 33.4 Å². The van der Waals surface area contributed by atoms with Gasteiger partial charge in [0.2, 0.25) is 0 Å². The number of aryl methyl sites for hydroxylation is 1. The number of methoxy groups -OCH3 is 1. The van der Waals surface area contributed by atoms with Crippen LogP contribution in [-0.2, 0) is 11.2 Å². The standard InChI is InChI=1S/C15H14N2O3S/c1-9-14(10-3-5-12(20-2)6-4-10)16-15-17(9)11(8-21-15)7-13(18)19/h3-6,8H,7H2,1-2H3,(H,18,19). The number of rotatable bonds is 4. The smallest absolute Gasteiger partial charge is 0.309 e. The van der Waals surface area contributed by atoms with Crippen molar-refractivity contribution in [3.63, 3.8) is 0 Å². The lowest BCUT2D eigenvalue weighted by atomic mass is 10.1. The second kappa shape index (κ2) is 5.21. The Balaban J connectivity index is 2.08. The lowest BCUT2D eigenvalue weighted by molar-refractivity contribution is -0.136. The number of fused-ring (bicyclic) bond motifs is 1.